The second-order valence-electron chi connectivity index (χ2n) is 9.21. The van der Waals surface area contributed by atoms with E-state index in [0.29, 0.717) is 11.4 Å². The topological polar surface area (TPSA) is 101 Å². The summed E-state index contributed by atoms with van der Waals surface area (Å²) in [6.45, 7) is 0.109. The van der Waals surface area contributed by atoms with Crippen LogP contribution < -0.4 is 10.6 Å². The zero-order valence-corrected chi connectivity index (χ0v) is 22.4. The fraction of sp³-hybridized carbons (Fsp3) is 0.161. The smallest absolute Gasteiger partial charge is 0.412 e. The minimum Gasteiger partial charge on any atom is -0.444 e. The highest BCUT2D eigenvalue weighted by Gasteiger charge is 2.43. The SMILES string of the molecule is O=C(Cc1ccc(NC(=O)[C@@H]2CSC(c3ccncc3)N2C(=O)OCc2ccccc2)cc1)Nc1ccccc1. The fourth-order valence-electron chi connectivity index (χ4n) is 4.35. The van der Waals surface area contributed by atoms with Gasteiger partial charge < -0.3 is 15.4 Å². The Morgan fingerprint density at radius 1 is 0.800 bits per heavy atom. The second kappa shape index (κ2) is 12.9. The zero-order valence-electron chi connectivity index (χ0n) is 21.6. The Morgan fingerprint density at radius 3 is 2.15 bits per heavy atom. The predicted molar refractivity (Wildman–Crippen MR) is 156 cm³/mol. The number of para-hydroxylation sites is 1. The largest absolute Gasteiger partial charge is 0.444 e. The fourth-order valence-corrected chi connectivity index (χ4v) is 5.77. The Hall–Kier alpha value is -4.63. The van der Waals surface area contributed by atoms with Crippen LogP contribution in [-0.4, -0.2) is 39.6 Å². The summed E-state index contributed by atoms with van der Waals surface area (Å²) in [5.41, 5.74) is 3.86. The number of carbonyl (C=O) groups excluding carboxylic acids is 3. The van der Waals surface area contributed by atoms with Gasteiger partial charge in [0.25, 0.3) is 0 Å². The van der Waals surface area contributed by atoms with Gasteiger partial charge in [-0.25, -0.2) is 4.79 Å². The number of benzene rings is 3. The molecule has 1 aliphatic heterocycles. The number of hydrogen-bond acceptors (Lipinski definition) is 6. The Morgan fingerprint density at radius 2 is 1.45 bits per heavy atom. The van der Waals surface area contributed by atoms with E-state index in [2.05, 4.69) is 15.6 Å². The lowest BCUT2D eigenvalue weighted by atomic mass is 10.1. The lowest BCUT2D eigenvalue weighted by Gasteiger charge is -2.28. The summed E-state index contributed by atoms with van der Waals surface area (Å²) in [5, 5.41) is 5.40. The van der Waals surface area contributed by atoms with Crippen LogP contribution in [0.4, 0.5) is 16.2 Å². The standard InChI is InChI=1S/C31H28N4O4S/c36-28(33-25-9-5-2-6-10-25)19-22-11-13-26(14-12-22)34-29(37)27-21-40-30(24-15-17-32-18-16-24)35(27)31(38)39-20-23-7-3-1-4-8-23/h1-18,27,30H,19-21H2,(H,33,36)(H,34,37)/t27-,30?/m0/s1. The molecule has 5 rings (SSSR count). The quantitative estimate of drug-likeness (QED) is 0.293. The minimum atomic E-state index is -0.734. The van der Waals surface area contributed by atoms with E-state index in [1.54, 1.807) is 36.7 Å². The number of carbonyl (C=O) groups is 3. The van der Waals surface area contributed by atoms with Crippen molar-refractivity contribution in [3.05, 3.63) is 126 Å². The number of ether oxygens (including phenoxy) is 1. The van der Waals surface area contributed by atoms with Gasteiger partial charge in [-0.15, -0.1) is 11.8 Å². The van der Waals surface area contributed by atoms with Gasteiger partial charge >= 0.3 is 6.09 Å². The van der Waals surface area contributed by atoms with Crippen molar-refractivity contribution in [3.8, 4) is 0 Å². The number of amides is 3. The van der Waals surface area contributed by atoms with Crippen molar-refractivity contribution in [2.75, 3.05) is 16.4 Å². The first-order valence-electron chi connectivity index (χ1n) is 12.8. The van der Waals surface area contributed by atoms with Gasteiger partial charge in [-0.2, -0.15) is 0 Å². The molecule has 1 aromatic heterocycles. The van der Waals surface area contributed by atoms with Gasteiger partial charge in [0.2, 0.25) is 11.8 Å². The van der Waals surface area contributed by atoms with Gasteiger partial charge in [0.1, 0.15) is 18.0 Å². The third-order valence-corrected chi connectivity index (χ3v) is 7.68. The number of hydrogen-bond donors (Lipinski definition) is 2. The van der Waals surface area contributed by atoms with Crippen LogP contribution in [0.3, 0.4) is 0 Å². The molecule has 2 atom stereocenters. The van der Waals surface area contributed by atoms with Crippen LogP contribution in [-0.2, 0) is 27.4 Å². The summed E-state index contributed by atoms with van der Waals surface area (Å²) >= 11 is 1.50. The molecule has 3 aromatic carbocycles. The van der Waals surface area contributed by atoms with Crippen LogP contribution >= 0.6 is 11.8 Å². The summed E-state index contributed by atoms with van der Waals surface area (Å²) in [6, 6.07) is 28.7. The molecule has 1 unspecified atom stereocenters. The predicted octanol–water partition coefficient (Wildman–Crippen LogP) is 5.65. The first-order chi connectivity index (χ1) is 19.6. The Balaban J connectivity index is 1.24. The summed E-state index contributed by atoms with van der Waals surface area (Å²) < 4.78 is 5.63. The van der Waals surface area contributed by atoms with Crippen molar-refractivity contribution in [2.45, 2.75) is 24.4 Å². The Kier molecular flexibility index (Phi) is 8.73. The molecule has 2 heterocycles. The monoisotopic (exact) mass is 552 g/mol. The van der Waals surface area contributed by atoms with E-state index >= 15 is 0 Å². The molecule has 3 amide bonds. The van der Waals surface area contributed by atoms with Crippen LogP contribution in [0.25, 0.3) is 0 Å². The van der Waals surface area contributed by atoms with Gasteiger partial charge in [-0.1, -0.05) is 60.7 Å². The molecule has 9 heteroatoms. The van der Waals surface area contributed by atoms with Crippen molar-refractivity contribution in [2.24, 2.45) is 0 Å². The first kappa shape index (κ1) is 27.0. The third kappa shape index (κ3) is 6.86. The molecule has 0 radical (unpaired) electrons. The summed E-state index contributed by atoms with van der Waals surface area (Å²) in [7, 11) is 0. The van der Waals surface area contributed by atoms with Gasteiger partial charge in [0.05, 0.1) is 6.42 Å². The molecule has 0 spiro atoms. The van der Waals surface area contributed by atoms with Gasteiger partial charge in [-0.05, 0) is 53.1 Å². The van der Waals surface area contributed by atoms with E-state index in [1.807, 2.05) is 72.8 Å². The van der Waals surface area contributed by atoms with Gasteiger partial charge in [-0.3, -0.25) is 19.5 Å². The number of thioether (sulfide) groups is 1. The van der Waals surface area contributed by atoms with Gasteiger partial charge in [0.15, 0.2) is 0 Å². The third-order valence-electron chi connectivity index (χ3n) is 6.35. The minimum absolute atomic E-state index is 0.109. The van der Waals surface area contributed by atoms with Crippen molar-refractivity contribution in [1.82, 2.24) is 9.88 Å². The maximum atomic E-state index is 13.4. The van der Waals surface area contributed by atoms with Crippen LogP contribution in [0.15, 0.2) is 109 Å². The summed E-state index contributed by atoms with van der Waals surface area (Å²) in [5.74, 6) is -0.0233. The number of nitrogens with one attached hydrogen (secondary N) is 2. The molecule has 0 aliphatic carbocycles. The number of aromatic nitrogens is 1. The van der Waals surface area contributed by atoms with Crippen LogP contribution in [0.2, 0.25) is 0 Å². The van der Waals surface area contributed by atoms with Crippen molar-refractivity contribution >= 4 is 41.0 Å². The van der Waals surface area contributed by atoms with E-state index in [9.17, 15) is 14.4 Å². The molecule has 1 fully saturated rings. The first-order valence-corrected chi connectivity index (χ1v) is 13.9. The van der Waals surface area contributed by atoms with Crippen LogP contribution in [0.5, 0.6) is 0 Å². The zero-order chi connectivity index (χ0) is 27.7. The normalized spacial score (nSPS) is 16.2. The number of rotatable bonds is 8. The number of pyridine rings is 1. The highest BCUT2D eigenvalue weighted by molar-refractivity contribution is 7.99. The molecule has 40 heavy (non-hydrogen) atoms. The molecule has 0 bridgehead atoms. The Bertz CT molecular complexity index is 1440. The van der Waals surface area contributed by atoms with E-state index in [-0.39, 0.29) is 30.2 Å². The summed E-state index contributed by atoms with van der Waals surface area (Å²) in [6.07, 6.45) is 2.98. The molecular formula is C31H28N4O4S. The van der Waals surface area contributed by atoms with Crippen molar-refractivity contribution in [1.29, 1.82) is 0 Å². The molecule has 0 saturated carbocycles. The van der Waals surface area contributed by atoms with Crippen LogP contribution in [0, 0.1) is 0 Å². The van der Waals surface area contributed by atoms with E-state index in [0.717, 1.165) is 22.4 Å². The van der Waals surface area contributed by atoms with Crippen molar-refractivity contribution in [3.63, 3.8) is 0 Å². The van der Waals surface area contributed by atoms with E-state index in [1.165, 1.54) is 16.7 Å². The van der Waals surface area contributed by atoms with E-state index in [4.69, 9.17) is 4.74 Å². The summed E-state index contributed by atoms with van der Waals surface area (Å²) in [4.78, 5) is 44.6. The average Bonchev–Trinajstić information content (AvgIpc) is 3.44. The lowest BCUT2D eigenvalue weighted by molar-refractivity contribution is -0.120. The molecule has 1 saturated heterocycles. The highest BCUT2D eigenvalue weighted by atomic mass is 32.2. The Labute approximate surface area is 236 Å². The average molecular weight is 553 g/mol. The molecule has 202 valence electrons. The van der Waals surface area contributed by atoms with Crippen molar-refractivity contribution < 1.29 is 19.1 Å². The molecule has 2 N–H and O–H groups in total. The molecule has 1 aliphatic rings. The molecule has 4 aromatic rings. The lowest BCUT2D eigenvalue weighted by Crippen LogP contribution is -2.45. The second-order valence-corrected chi connectivity index (χ2v) is 10.3. The number of anilines is 2. The number of nitrogens with zero attached hydrogens (tertiary/aromatic N) is 2. The maximum absolute atomic E-state index is 13.4. The molecular weight excluding hydrogens is 524 g/mol. The maximum Gasteiger partial charge on any atom is 0.412 e. The van der Waals surface area contributed by atoms with Crippen LogP contribution in [0.1, 0.15) is 22.1 Å². The van der Waals surface area contributed by atoms with Gasteiger partial charge in [0, 0.05) is 29.5 Å². The molecule has 8 nitrogen and oxygen atoms in total. The highest BCUT2D eigenvalue weighted by Crippen LogP contribution is 2.42. The van der Waals surface area contributed by atoms with E-state index < -0.39 is 12.1 Å².